The molecule has 20 heavy (non-hydrogen) atoms. The molecule has 2 rings (SSSR count). The van der Waals surface area contributed by atoms with E-state index in [0.717, 1.165) is 13.0 Å². The zero-order valence-corrected chi connectivity index (χ0v) is 12.7. The van der Waals surface area contributed by atoms with Crippen LogP contribution in [0.4, 0.5) is 0 Å². The van der Waals surface area contributed by atoms with Gasteiger partial charge >= 0.3 is 0 Å². The molecule has 2 nitrogen and oxygen atoms in total. The van der Waals surface area contributed by atoms with Gasteiger partial charge in [-0.2, -0.15) is 0 Å². The number of aromatic nitrogens is 1. The fraction of sp³-hybridized carbons (Fsp3) is 0.389. The Hall–Kier alpha value is -1.67. The number of nitrogens with zero attached hydrogens (tertiary/aromatic N) is 1. The van der Waals surface area contributed by atoms with Crippen LogP contribution in [0, 0.1) is 6.92 Å². The van der Waals surface area contributed by atoms with E-state index in [9.17, 15) is 0 Å². The first-order valence-corrected chi connectivity index (χ1v) is 7.50. The van der Waals surface area contributed by atoms with Gasteiger partial charge in [-0.1, -0.05) is 38.1 Å². The van der Waals surface area contributed by atoms with E-state index in [1.54, 1.807) is 0 Å². The Bertz CT molecular complexity index is 531. The van der Waals surface area contributed by atoms with Crippen LogP contribution >= 0.6 is 0 Å². The lowest BCUT2D eigenvalue weighted by molar-refractivity contribution is 0.518. The molecule has 1 heterocycles. The molecule has 106 valence electrons. The zero-order chi connectivity index (χ0) is 14.4. The average molecular weight is 268 g/mol. The standard InChI is InChI=1S/C18H24N2/c1-4-11-20-18(5-2)16-8-6-15(7-9-16)17-10-12-19-13-14(17)3/h6-10,12-13,18,20H,4-5,11H2,1-3H3. The average Bonchev–Trinajstić information content (AvgIpc) is 2.49. The second kappa shape index (κ2) is 7.20. The molecule has 1 atom stereocenters. The van der Waals surface area contributed by atoms with Crippen molar-refractivity contribution < 1.29 is 0 Å². The number of pyridine rings is 1. The van der Waals surface area contributed by atoms with Gasteiger partial charge < -0.3 is 5.32 Å². The van der Waals surface area contributed by atoms with E-state index in [-0.39, 0.29) is 0 Å². The van der Waals surface area contributed by atoms with Gasteiger partial charge in [-0.25, -0.2) is 0 Å². The molecule has 1 N–H and O–H groups in total. The lowest BCUT2D eigenvalue weighted by Gasteiger charge is -2.17. The van der Waals surface area contributed by atoms with Gasteiger partial charge in [0.2, 0.25) is 0 Å². The van der Waals surface area contributed by atoms with Crippen LogP contribution in [0.3, 0.4) is 0 Å². The molecule has 1 unspecified atom stereocenters. The number of benzene rings is 1. The molecule has 1 aromatic heterocycles. The summed E-state index contributed by atoms with van der Waals surface area (Å²) in [4.78, 5) is 4.15. The molecule has 2 aromatic rings. The van der Waals surface area contributed by atoms with E-state index in [0.29, 0.717) is 6.04 Å². The van der Waals surface area contributed by atoms with Crippen LogP contribution < -0.4 is 5.32 Å². The third-order valence-electron chi connectivity index (χ3n) is 3.69. The summed E-state index contributed by atoms with van der Waals surface area (Å²) < 4.78 is 0. The quantitative estimate of drug-likeness (QED) is 0.834. The van der Waals surface area contributed by atoms with E-state index < -0.39 is 0 Å². The predicted octanol–water partition coefficient (Wildman–Crippen LogP) is 4.51. The second-order valence-electron chi connectivity index (χ2n) is 5.23. The van der Waals surface area contributed by atoms with Crippen molar-refractivity contribution in [2.24, 2.45) is 0 Å². The van der Waals surface area contributed by atoms with Crippen molar-refractivity contribution in [3.63, 3.8) is 0 Å². The first kappa shape index (κ1) is 14.7. The summed E-state index contributed by atoms with van der Waals surface area (Å²) in [7, 11) is 0. The molecule has 0 aliphatic heterocycles. The SMILES string of the molecule is CCCNC(CC)c1ccc(-c2ccncc2C)cc1. The minimum atomic E-state index is 0.461. The Balaban J connectivity index is 2.19. The summed E-state index contributed by atoms with van der Waals surface area (Å²) in [6.45, 7) is 7.61. The molecule has 0 saturated carbocycles. The maximum atomic E-state index is 4.15. The minimum absolute atomic E-state index is 0.461. The van der Waals surface area contributed by atoms with Crippen LogP contribution in [-0.4, -0.2) is 11.5 Å². The van der Waals surface area contributed by atoms with E-state index in [1.807, 2.05) is 12.4 Å². The summed E-state index contributed by atoms with van der Waals surface area (Å²) in [6.07, 6.45) is 6.06. The Morgan fingerprint density at radius 3 is 2.45 bits per heavy atom. The molecule has 0 radical (unpaired) electrons. The summed E-state index contributed by atoms with van der Waals surface area (Å²) in [6, 6.07) is 11.5. The predicted molar refractivity (Wildman–Crippen MR) is 85.7 cm³/mol. The Labute approximate surface area is 122 Å². The van der Waals surface area contributed by atoms with Crippen LogP contribution in [0.15, 0.2) is 42.7 Å². The van der Waals surface area contributed by atoms with Gasteiger partial charge in [0.05, 0.1) is 0 Å². The summed E-state index contributed by atoms with van der Waals surface area (Å²) in [5.41, 5.74) is 5.12. The molecule has 0 aliphatic rings. The molecule has 0 spiro atoms. The molecule has 0 fully saturated rings. The van der Waals surface area contributed by atoms with Crippen LogP contribution in [0.25, 0.3) is 11.1 Å². The topological polar surface area (TPSA) is 24.9 Å². The highest BCUT2D eigenvalue weighted by atomic mass is 14.9. The van der Waals surface area contributed by atoms with Crippen molar-refractivity contribution in [1.29, 1.82) is 0 Å². The maximum Gasteiger partial charge on any atom is 0.0317 e. The van der Waals surface area contributed by atoms with Crippen molar-refractivity contribution in [3.05, 3.63) is 53.9 Å². The molecule has 1 aromatic carbocycles. The number of hydrogen-bond acceptors (Lipinski definition) is 2. The molecular formula is C18H24N2. The molecule has 0 bridgehead atoms. The van der Waals surface area contributed by atoms with Gasteiger partial charge in [-0.05, 0) is 54.6 Å². The Morgan fingerprint density at radius 2 is 1.85 bits per heavy atom. The molecule has 2 heteroatoms. The number of aryl methyl sites for hydroxylation is 1. The molecular weight excluding hydrogens is 244 g/mol. The largest absolute Gasteiger partial charge is 0.310 e. The lowest BCUT2D eigenvalue weighted by atomic mass is 9.98. The molecule has 0 amide bonds. The summed E-state index contributed by atoms with van der Waals surface area (Å²) >= 11 is 0. The second-order valence-corrected chi connectivity index (χ2v) is 5.23. The van der Waals surface area contributed by atoms with Crippen LogP contribution in [0.5, 0.6) is 0 Å². The fourth-order valence-electron chi connectivity index (χ4n) is 2.51. The highest BCUT2D eigenvalue weighted by molar-refractivity contribution is 5.66. The van der Waals surface area contributed by atoms with Gasteiger partial charge in [0.25, 0.3) is 0 Å². The van der Waals surface area contributed by atoms with E-state index in [2.05, 4.69) is 61.4 Å². The van der Waals surface area contributed by atoms with Gasteiger partial charge in [-0.15, -0.1) is 0 Å². The van der Waals surface area contributed by atoms with Gasteiger partial charge in [0.15, 0.2) is 0 Å². The van der Waals surface area contributed by atoms with Crippen molar-refractivity contribution in [2.75, 3.05) is 6.54 Å². The highest BCUT2D eigenvalue weighted by Gasteiger charge is 2.08. The smallest absolute Gasteiger partial charge is 0.0317 e. The fourth-order valence-corrected chi connectivity index (χ4v) is 2.51. The number of rotatable bonds is 6. The van der Waals surface area contributed by atoms with Crippen LogP contribution in [0.1, 0.15) is 43.9 Å². The van der Waals surface area contributed by atoms with Crippen molar-refractivity contribution >= 4 is 0 Å². The van der Waals surface area contributed by atoms with E-state index >= 15 is 0 Å². The van der Waals surface area contributed by atoms with Gasteiger partial charge in [0.1, 0.15) is 0 Å². The highest BCUT2D eigenvalue weighted by Crippen LogP contribution is 2.25. The number of hydrogen-bond donors (Lipinski definition) is 1. The van der Waals surface area contributed by atoms with Crippen LogP contribution in [0.2, 0.25) is 0 Å². The zero-order valence-electron chi connectivity index (χ0n) is 12.7. The minimum Gasteiger partial charge on any atom is -0.310 e. The summed E-state index contributed by atoms with van der Waals surface area (Å²) in [5.74, 6) is 0. The van der Waals surface area contributed by atoms with Gasteiger partial charge in [-0.3, -0.25) is 4.98 Å². The van der Waals surface area contributed by atoms with Crippen molar-refractivity contribution in [3.8, 4) is 11.1 Å². The Morgan fingerprint density at radius 1 is 1.10 bits per heavy atom. The maximum absolute atomic E-state index is 4.15. The molecule has 0 aliphatic carbocycles. The van der Waals surface area contributed by atoms with Crippen LogP contribution in [-0.2, 0) is 0 Å². The van der Waals surface area contributed by atoms with Crippen molar-refractivity contribution in [1.82, 2.24) is 10.3 Å². The lowest BCUT2D eigenvalue weighted by Crippen LogP contribution is -2.21. The van der Waals surface area contributed by atoms with E-state index in [1.165, 1.54) is 28.7 Å². The van der Waals surface area contributed by atoms with Gasteiger partial charge in [0, 0.05) is 18.4 Å². The Kier molecular flexibility index (Phi) is 5.31. The van der Waals surface area contributed by atoms with Crippen molar-refractivity contribution in [2.45, 2.75) is 39.7 Å². The normalized spacial score (nSPS) is 12.3. The molecule has 0 saturated heterocycles. The number of nitrogens with one attached hydrogen (secondary N) is 1. The first-order valence-electron chi connectivity index (χ1n) is 7.50. The first-order chi connectivity index (χ1) is 9.76. The third-order valence-corrected chi connectivity index (χ3v) is 3.69. The monoisotopic (exact) mass is 268 g/mol. The summed E-state index contributed by atoms with van der Waals surface area (Å²) in [5, 5.41) is 3.60. The third kappa shape index (κ3) is 3.45. The van der Waals surface area contributed by atoms with E-state index in [4.69, 9.17) is 0 Å².